The zero-order chi connectivity index (χ0) is 15.7. The van der Waals surface area contributed by atoms with Gasteiger partial charge in [-0.2, -0.15) is 0 Å². The van der Waals surface area contributed by atoms with Crippen LogP contribution in [0.4, 0.5) is 0 Å². The van der Waals surface area contributed by atoms with Gasteiger partial charge in [0.1, 0.15) is 6.54 Å². The Labute approximate surface area is 131 Å². The SMILES string of the molecule is O=C(O)Cn1c(=O)c2ccccc2n1Cc1ccc(Cl)cc1. The van der Waals surface area contributed by atoms with Crippen molar-refractivity contribution >= 4 is 28.5 Å². The molecular formula is C16H13ClN2O3. The van der Waals surface area contributed by atoms with Crippen LogP contribution >= 0.6 is 11.6 Å². The van der Waals surface area contributed by atoms with E-state index in [1.165, 1.54) is 4.68 Å². The van der Waals surface area contributed by atoms with Crippen LogP contribution in [-0.2, 0) is 17.9 Å². The number of aromatic nitrogens is 2. The number of aliphatic carboxylic acids is 1. The van der Waals surface area contributed by atoms with Crippen LogP contribution in [0.5, 0.6) is 0 Å². The highest BCUT2D eigenvalue weighted by molar-refractivity contribution is 6.30. The number of hydrogen-bond acceptors (Lipinski definition) is 2. The third-order valence-corrected chi connectivity index (χ3v) is 3.72. The van der Waals surface area contributed by atoms with Crippen molar-refractivity contribution < 1.29 is 9.90 Å². The zero-order valence-electron chi connectivity index (χ0n) is 11.6. The van der Waals surface area contributed by atoms with E-state index < -0.39 is 5.97 Å². The summed E-state index contributed by atoms with van der Waals surface area (Å²) < 4.78 is 2.94. The first kappa shape index (κ1) is 14.4. The molecule has 3 rings (SSSR count). The van der Waals surface area contributed by atoms with Crippen LogP contribution < -0.4 is 5.56 Å². The zero-order valence-corrected chi connectivity index (χ0v) is 12.3. The standard InChI is InChI=1S/C16H13ClN2O3/c17-12-7-5-11(6-8-12)9-18-14-4-2-1-3-13(14)16(22)19(18)10-15(20)21/h1-8H,9-10H2,(H,20,21). The van der Waals surface area contributed by atoms with Gasteiger partial charge in [0.15, 0.2) is 0 Å². The fraction of sp³-hybridized carbons (Fsp3) is 0.125. The summed E-state index contributed by atoms with van der Waals surface area (Å²) in [6.07, 6.45) is 0. The summed E-state index contributed by atoms with van der Waals surface area (Å²) in [6.45, 7) is 0.0221. The Bertz CT molecular complexity index is 894. The van der Waals surface area contributed by atoms with E-state index in [0.717, 1.165) is 5.56 Å². The molecule has 1 N–H and O–H groups in total. The maximum absolute atomic E-state index is 12.4. The normalized spacial score (nSPS) is 11.0. The van der Waals surface area contributed by atoms with Gasteiger partial charge in [-0.25, -0.2) is 4.68 Å². The molecule has 0 saturated heterocycles. The predicted molar refractivity (Wildman–Crippen MR) is 84.4 cm³/mol. The lowest BCUT2D eigenvalue weighted by Gasteiger charge is -2.11. The Morgan fingerprint density at radius 3 is 2.41 bits per heavy atom. The third kappa shape index (κ3) is 2.63. The monoisotopic (exact) mass is 316 g/mol. The summed E-state index contributed by atoms with van der Waals surface area (Å²) >= 11 is 5.87. The lowest BCUT2D eigenvalue weighted by molar-refractivity contribution is -0.138. The van der Waals surface area contributed by atoms with E-state index in [0.29, 0.717) is 22.5 Å². The van der Waals surface area contributed by atoms with E-state index >= 15 is 0 Å². The molecule has 0 unspecified atom stereocenters. The topological polar surface area (TPSA) is 64.2 Å². The van der Waals surface area contributed by atoms with E-state index in [9.17, 15) is 9.59 Å². The number of fused-ring (bicyclic) bond motifs is 1. The molecule has 0 radical (unpaired) electrons. The summed E-state index contributed by atoms with van der Waals surface area (Å²) in [5.74, 6) is -1.05. The minimum atomic E-state index is -1.05. The van der Waals surface area contributed by atoms with E-state index in [4.69, 9.17) is 16.7 Å². The average molecular weight is 317 g/mol. The maximum atomic E-state index is 12.4. The van der Waals surface area contributed by atoms with Crippen molar-refractivity contribution in [2.75, 3.05) is 0 Å². The van der Waals surface area contributed by atoms with Gasteiger partial charge >= 0.3 is 5.97 Å². The summed E-state index contributed by atoms with van der Waals surface area (Å²) in [5.41, 5.74) is 1.35. The molecule has 2 aromatic carbocycles. The Kier molecular flexibility index (Phi) is 3.73. The molecule has 0 saturated carbocycles. The van der Waals surface area contributed by atoms with E-state index in [2.05, 4.69) is 0 Å². The average Bonchev–Trinajstić information content (AvgIpc) is 2.75. The number of halogens is 1. The van der Waals surface area contributed by atoms with Crippen molar-refractivity contribution in [3.8, 4) is 0 Å². The fourth-order valence-electron chi connectivity index (χ4n) is 2.48. The van der Waals surface area contributed by atoms with E-state index in [1.54, 1.807) is 28.9 Å². The number of benzene rings is 2. The number of rotatable bonds is 4. The smallest absolute Gasteiger partial charge is 0.325 e. The lowest BCUT2D eigenvalue weighted by atomic mass is 10.2. The van der Waals surface area contributed by atoms with Crippen molar-refractivity contribution in [2.45, 2.75) is 13.1 Å². The first-order valence-corrected chi connectivity index (χ1v) is 7.08. The number of carboxylic acid groups (broad SMARTS) is 1. The quantitative estimate of drug-likeness (QED) is 0.804. The van der Waals surface area contributed by atoms with Crippen molar-refractivity contribution in [1.82, 2.24) is 9.36 Å². The Morgan fingerprint density at radius 2 is 1.73 bits per heavy atom. The number of para-hydroxylation sites is 1. The molecule has 0 atom stereocenters. The summed E-state index contributed by atoms with van der Waals surface area (Å²) in [4.78, 5) is 23.4. The molecule has 1 aromatic heterocycles. The molecule has 0 aliphatic carbocycles. The van der Waals surface area contributed by atoms with Crippen molar-refractivity contribution in [3.63, 3.8) is 0 Å². The largest absolute Gasteiger partial charge is 0.480 e. The first-order valence-electron chi connectivity index (χ1n) is 6.71. The summed E-state index contributed by atoms with van der Waals surface area (Å²) in [5, 5.41) is 10.2. The molecule has 6 heteroatoms. The van der Waals surface area contributed by atoms with Gasteiger partial charge in [-0.3, -0.25) is 14.3 Å². The number of hydrogen-bond donors (Lipinski definition) is 1. The van der Waals surface area contributed by atoms with Gasteiger partial charge in [-0.05, 0) is 29.8 Å². The van der Waals surface area contributed by atoms with E-state index in [1.807, 2.05) is 24.3 Å². The van der Waals surface area contributed by atoms with Crippen LogP contribution in [-0.4, -0.2) is 20.4 Å². The first-order chi connectivity index (χ1) is 10.6. The Balaban J connectivity index is 2.15. The molecule has 1 heterocycles. The van der Waals surface area contributed by atoms with Crippen LogP contribution in [0.25, 0.3) is 10.9 Å². The van der Waals surface area contributed by atoms with Crippen LogP contribution in [0.3, 0.4) is 0 Å². The molecule has 3 aromatic rings. The fourth-order valence-corrected chi connectivity index (χ4v) is 2.60. The van der Waals surface area contributed by atoms with Gasteiger partial charge in [-0.1, -0.05) is 35.9 Å². The molecule has 0 spiro atoms. The Hall–Kier alpha value is -2.53. The summed E-state index contributed by atoms with van der Waals surface area (Å²) in [6, 6.07) is 14.3. The molecule has 0 bridgehead atoms. The minimum Gasteiger partial charge on any atom is -0.480 e. The van der Waals surface area contributed by atoms with Gasteiger partial charge < -0.3 is 5.11 Å². The second-order valence-corrected chi connectivity index (χ2v) is 5.39. The van der Waals surface area contributed by atoms with Gasteiger partial charge in [0.25, 0.3) is 5.56 Å². The molecule has 0 aliphatic rings. The van der Waals surface area contributed by atoms with Crippen molar-refractivity contribution in [2.24, 2.45) is 0 Å². The van der Waals surface area contributed by atoms with Gasteiger partial charge in [0.2, 0.25) is 0 Å². The molecule has 5 nitrogen and oxygen atoms in total. The molecule has 112 valence electrons. The van der Waals surface area contributed by atoms with Crippen LogP contribution in [0, 0.1) is 0 Å². The number of carboxylic acids is 1. The second kappa shape index (κ2) is 5.69. The minimum absolute atomic E-state index is 0.299. The van der Waals surface area contributed by atoms with Crippen LogP contribution in [0.15, 0.2) is 53.3 Å². The van der Waals surface area contributed by atoms with Crippen LogP contribution in [0.2, 0.25) is 5.02 Å². The summed E-state index contributed by atoms with van der Waals surface area (Å²) in [7, 11) is 0. The lowest BCUT2D eigenvalue weighted by Crippen LogP contribution is -2.27. The third-order valence-electron chi connectivity index (χ3n) is 3.47. The second-order valence-electron chi connectivity index (χ2n) is 4.96. The number of carbonyl (C=O) groups is 1. The molecular weight excluding hydrogens is 304 g/mol. The van der Waals surface area contributed by atoms with E-state index in [-0.39, 0.29) is 12.1 Å². The van der Waals surface area contributed by atoms with Crippen LogP contribution in [0.1, 0.15) is 5.56 Å². The Morgan fingerprint density at radius 1 is 1.05 bits per heavy atom. The molecule has 0 aliphatic heterocycles. The molecule has 22 heavy (non-hydrogen) atoms. The number of nitrogens with zero attached hydrogens (tertiary/aromatic N) is 2. The van der Waals surface area contributed by atoms with Gasteiger partial charge in [0.05, 0.1) is 17.4 Å². The predicted octanol–water partition coefficient (Wildman–Crippen LogP) is 2.59. The highest BCUT2D eigenvalue weighted by atomic mass is 35.5. The van der Waals surface area contributed by atoms with Gasteiger partial charge in [0, 0.05) is 5.02 Å². The molecule has 0 fully saturated rings. The van der Waals surface area contributed by atoms with Crippen molar-refractivity contribution in [3.05, 3.63) is 69.5 Å². The molecule has 0 amide bonds. The van der Waals surface area contributed by atoms with Gasteiger partial charge in [-0.15, -0.1) is 0 Å². The highest BCUT2D eigenvalue weighted by Gasteiger charge is 2.15. The highest BCUT2D eigenvalue weighted by Crippen LogP contribution is 2.15. The maximum Gasteiger partial charge on any atom is 0.325 e. The van der Waals surface area contributed by atoms with Crippen molar-refractivity contribution in [1.29, 1.82) is 0 Å².